The molecule has 0 bridgehead atoms. The first kappa shape index (κ1) is 18.8. The number of hydrogen-bond donors (Lipinski definition) is 2. The molecule has 3 N–H and O–H groups in total. The first-order chi connectivity index (χ1) is 11.9. The van der Waals surface area contributed by atoms with Crippen molar-refractivity contribution in [1.29, 1.82) is 0 Å². The number of ether oxygens (including phenoxy) is 2. The molecule has 0 aliphatic rings. The Morgan fingerprint density at radius 1 is 1.16 bits per heavy atom. The van der Waals surface area contributed by atoms with E-state index in [1.54, 1.807) is 25.5 Å². The Morgan fingerprint density at radius 2 is 1.88 bits per heavy atom. The highest BCUT2D eigenvalue weighted by Gasteiger charge is 2.06. The summed E-state index contributed by atoms with van der Waals surface area (Å²) in [7, 11) is -2.11. The number of primary sulfonamides is 1. The summed E-state index contributed by atoms with van der Waals surface area (Å²) in [5, 5.41) is 9.17. The second kappa shape index (κ2) is 8.50. The molecule has 0 spiro atoms. The molecule has 0 aliphatic carbocycles. The SMILES string of the molecule is CCCOc1ccc(/C=N/Nc2ccc(S(N)(=O)=O)cc2)cc1OC. The van der Waals surface area contributed by atoms with Crippen molar-refractivity contribution in [3.63, 3.8) is 0 Å². The predicted molar refractivity (Wildman–Crippen MR) is 97.8 cm³/mol. The normalized spacial score (nSPS) is 11.5. The van der Waals surface area contributed by atoms with Gasteiger partial charge in [0, 0.05) is 0 Å². The molecule has 0 fully saturated rings. The number of nitrogens with two attached hydrogens (primary N) is 1. The lowest BCUT2D eigenvalue weighted by Gasteiger charge is -2.10. The van der Waals surface area contributed by atoms with Crippen LogP contribution in [0.3, 0.4) is 0 Å². The van der Waals surface area contributed by atoms with E-state index < -0.39 is 10.0 Å². The zero-order valence-electron chi connectivity index (χ0n) is 14.1. The molecule has 0 aromatic heterocycles. The second-order valence-corrected chi connectivity index (χ2v) is 6.76. The largest absolute Gasteiger partial charge is 0.493 e. The highest BCUT2D eigenvalue weighted by Crippen LogP contribution is 2.27. The van der Waals surface area contributed by atoms with Gasteiger partial charge in [-0.1, -0.05) is 6.92 Å². The number of hydrogen-bond acceptors (Lipinski definition) is 6. The molecule has 134 valence electrons. The molecule has 2 aromatic rings. The van der Waals surface area contributed by atoms with E-state index in [4.69, 9.17) is 14.6 Å². The van der Waals surface area contributed by atoms with Gasteiger partial charge in [0.1, 0.15) is 0 Å². The minimum atomic E-state index is -3.69. The average molecular weight is 363 g/mol. The van der Waals surface area contributed by atoms with Gasteiger partial charge >= 0.3 is 0 Å². The van der Waals surface area contributed by atoms with Crippen molar-refractivity contribution in [3.05, 3.63) is 48.0 Å². The Bertz CT molecular complexity index is 833. The van der Waals surface area contributed by atoms with Crippen molar-refractivity contribution < 1.29 is 17.9 Å². The maximum absolute atomic E-state index is 11.2. The van der Waals surface area contributed by atoms with Gasteiger partial charge in [0.05, 0.1) is 30.5 Å². The Kier molecular flexibility index (Phi) is 6.37. The number of rotatable bonds is 8. The van der Waals surface area contributed by atoms with E-state index in [0.29, 0.717) is 23.8 Å². The number of anilines is 1. The van der Waals surface area contributed by atoms with E-state index in [-0.39, 0.29) is 4.90 Å². The molecule has 25 heavy (non-hydrogen) atoms. The van der Waals surface area contributed by atoms with Crippen LogP contribution in [-0.4, -0.2) is 28.3 Å². The van der Waals surface area contributed by atoms with Crippen molar-refractivity contribution in [1.82, 2.24) is 0 Å². The number of nitrogens with zero attached hydrogens (tertiary/aromatic N) is 1. The third kappa shape index (κ3) is 5.47. The van der Waals surface area contributed by atoms with Crippen LogP contribution in [0, 0.1) is 0 Å². The fourth-order valence-electron chi connectivity index (χ4n) is 2.00. The minimum Gasteiger partial charge on any atom is -0.493 e. The van der Waals surface area contributed by atoms with Gasteiger partial charge in [-0.25, -0.2) is 13.6 Å². The topological polar surface area (TPSA) is 103 Å². The van der Waals surface area contributed by atoms with Crippen molar-refractivity contribution in [2.75, 3.05) is 19.1 Å². The molecular formula is C17H21N3O4S. The quantitative estimate of drug-likeness (QED) is 0.554. The summed E-state index contributed by atoms with van der Waals surface area (Å²) in [6.45, 7) is 2.66. The van der Waals surface area contributed by atoms with Crippen LogP contribution in [-0.2, 0) is 10.0 Å². The number of sulfonamides is 1. The maximum atomic E-state index is 11.2. The second-order valence-electron chi connectivity index (χ2n) is 5.20. The fourth-order valence-corrected chi connectivity index (χ4v) is 2.51. The summed E-state index contributed by atoms with van der Waals surface area (Å²) in [4.78, 5) is 0.0504. The lowest BCUT2D eigenvalue weighted by atomic mass is 10.2. The number of benzene rings is 2. The van der Waals surface area contributed by atoms with Crippen LogP contribution in [0.4, 0.5) is 5.69 Å². The van der Waals surface area contributed by atoms with Gasteiger partial charge in [-0.05, 0) is 54.4 Å². The molecule has 0 amide bonds. The zero-order chi connectivity index (χ0) is 18.3. The molecule has 0 aliphatic heterocycles. The van der Waals surface area contributed by atoms with Gasteiger partial charge in [0.2, 0.25) is 10.0 Å². The standard InChI is InChI=1S/C17H21N3O4S/c1-3-10-24-16-9-4-13(11-17(16)23-2)12-19-20-14-5-7-15(8-6-14)25(18,21)22/h4-9,11-12,20H,3,10H2,1-2H3,(H2,18,21,22)/b19-12+. The first-order valence-corrected chi connectivity index (χ1v) is 9.21. The van der Waals surface area contributed by atoms with E-state index in [1.807, 2.05) is 25.1 Å². The smallest absolute Gasteiger partial charge is 0.238 e. The van der Waals surface area contributed by atoms with E-state index in [2.05, 4.69) is 10.5 Å². The molecule has 7 nitrogen and oxygen atoms in total. The van der Waals surface area contributed by atoms with Gasteiger partial charge < -0.3 is 9.47 Å². The van der Waals surface area contributed by atoms with Gasteiger partial charge in [-0.2, -0.15) is 5.10 Å². The molecule has 2 aromatic carbocycles. The summed E-state index contributed by atoms with van der Waals surface area (Å²) < 4.78 is 33.3. The van der Waals surface area contributed by atoms with Crippen LogP contribution >= 0.6 is 0 Å². The third-order valence-electron chi connectivity index (χ3n) is 3.24. The monoisotopic (exact) mass is 363 g/mol. The van der Waals surface area contributed by atoms with E-state index in [1.165, 1.54) is 12.1 Å². The van der Waals surface area contributed by atoms with Gasteiger partial charge in [0.25, 0.3) is 0 Å². The summed E-state index contributed by atoms with van der Waals surface area (Å²) in [5.41, 5.74) is 4.29. The summed E-state index contributed by atoms with van der Waals surface area (Å²) in [5.74, 6) is 1.32. The summed E-state index contributed by atoms with van der Waals surface area (Å²) >= 11 is 0. The van der Waals surface area contributed by atoms with Gasteiger partial charge in [0.15, 0.2) is 11.5 Å². The summed E-state index contributed by atoms with van der Waals surface area (Å²) in [6, 6.07) is 11.5. The predicted octanol–water partition coefficient (Wildman–Crippen LogP) is 2.58. The number of nitrogens with one attached hydrogen (secondary N) is 1. The maximum Gasteiger partial charge on any atom is 0.238 e. The highest BCUT2D eigenvalue weighted by atomic mass is 32.2. The molecule has 0 atom stereocenters. The van der Waals surface area contributed by atoms with E-state index >= 15 is 0 Å². The van der Waals surface area contributed by atoms with Crippen LogP contribution in [0.25, 0.3) is 0 Å². The van der Waals surface area contributed by atoms with Crippen LogP contribution in [0.5, 0.6) is 11.5 Å². The fraction of sp³-hybridized carbons (Fsp3) is 0.235. The molecular weight excluding hydrogens is 342 g/mol. The Morgan fingerprint density at radius 3 is 2.48 bits per heavy atom. The molecule has 0 heterocycles. The van der Waals surface area contributed by atoms with Crippen molar-refractivity contribution in [3.8, 4) is 11.5 Å². The van der Waals surface area contributed by atoms with E-state index in [0.717, 1.165) is 12.0 Å². The zero-order valence-corrected chi connectivity index (χ0v) is 14.9. The van der Waals surface area contributed by atoms with Crippen LogP contribution in [0.15, 0.2) is 52.5 Å². The molecule has 0 radical (unpaired) electrons. The Labute approximate surface area is 147 Å². The Balaban J connectivity index is 2.04. The number of methoxy groups -OCH3 is 1. The van der Waals surface area contributed by atoms with Crippen molar-refractivity contribution >= 4 is 21.9 Å². The van der Waals surface area contributed by atoms with Crippen molar-refractivity contribution in [2.24, 2.45) is 10.2 Å². The number of hydrazone groups is 1. The molecule has 0 saturated carbocycles. The highest BCUT2D eigenvalue weighted by molar-refractivity contribution is 7.89. The molecule has 0 saturated heterocycles. The first-order valence-electron chi connectivity index (χ1n) is 7.67. The Hall–Kier alpha value is -2.58. The van der Waals surface area contributed by atoms with Crippen LogP contribution in [0.1, 0.15) is 18.9 Å². The average Bonchev–Trinajstić information content (AvgIpc) is 2.60. The minimum absolute atomic E-state index is 0.0504. The molecule has 2 rings (SSSR count). The van der Waals surface area contributed by atoms with Crippen molar-refractivity contribution in [2.45, 2.75) is 18.2 Å². The molecule has 8 heteroatoms. The summed E-state index contributed by atoms with van der Waals surface area (Å²) in [6.07, 6.45) is 2.54. The van der Waals surface area contributed by atoms with Crippen LogP contribution in [0.2, 0.25) is 0 Å². The molecule has 0 unspecified atom stereocenters. The van der Waals surface area contributed by atoms with Gasteiger partial charge in [-0.15, -0.1) is 0 Å². The van der Waals surface area contributed by atoms with Gasteiger partial charge in [-0.3, -0.25) is 5.43 Å². The third-order valence-corrected chi connectivity index (χ3v) is 4.17. The van der Waals surface area contributed by atoms with Crippen LogP contribution < -0.4 is 20.0 Å². The van der Waals surface area contributed by atoms with E-state index in [9.17, 15) is 8.42 Å². The lowest BCUT2D eigenvalue weighted by Crippen LogP contribution is -2.11. The lowest BCUT2D eigenvalue weighted by molar-refractivity contribution is 0.294.